The van der Waals surface area contributed by atoms with E-state index < -0.39 is 0 Å². The lowest BCUT2D eigenvalue weighted by Gasteiger charge is -2.12. The molecule has 0 saturated carbocycles. The van der Waals surface area contributed by atoms with E-state index >= 15 is 0 Å². The van der Waals surface area contributed by atoms with E-state index in [1.807, 2.05) is 24.3 Å². The van der Waals surface area contributed by atoms with Gasteiger partial charge in [-0.25, -0.2) is 0 Å². The highest BCUT2D eigenvalue weighted by molar-refractivity contribution is 7.99. The van der Waals surface area contributed by atoms with Gasteiger partial charge in [0.25, 0.3) is 0 Å². The van der Waals surface area contributed by atoms with Crippen LogP contribution in [0.25, 0.3) is 0 Å². The summed E-state index contributed by atoms with van der Waals surface area (Å²) in [5.74, 6) is 1.82. The molecule has 0 bridgehead atoms. The number of rotatable bonds is 8. The third-order valence-corrected chi connectivity index (χ3v) is 4.82. The molecule has 1 N–H and O–H groups in total. The average molecular weight is 319 g/mol. The van der Waals surface area contributed by atoms with Gasteiger partial charge in [0, 0.05) is 23.6 Å². The van der Waals surface area contributed by atoms with E-state index in [4.69, 9.17) is 4.74 Å². The molecule has 0 atom stereocenters. The minimum atomic E-state index is 0.150. The zero-order valence-corrected chi connectivity index (χ0v) is 14.1. The van der Waals surface area contributed by atoms with Gasteiger partial charge in [-0.05, 0) is 56.4 Å². The number of carbonyl (C=O) groups is 1. The standard InChI is InChI=1S/C18H25NO2S/c1-21-16-7-9-17(10-8-16)22-14-12-18(20)19-13-11-15-5-3-2-4-6-15/h5,7-10H,2-4,6,11-14H2,1H3,(H,19,20). The maximum Gasteiger partial charge on any atom is 0.220 e. The number of thioether (sulfide) groups is 1. The molecule has 0 radical (unpaired) electrons. The van der Waals surface area contributed by atoms with Gasteiger partial charge in [0.05, 0.1) is 7.11 Å². The molecule has 2 rings (SSSR count). The molecule has 0 aromatic heterocycles. The van der Waals surface area contributed by atoms with Crippen molar-refractivity contribution in [3.8, 4) is 5.75 Å². The first-order valence-electron chi connectivity index (χ1n) is 7.99. The number of amides is 1. The molecular weight excluding hydrogens is 294 g/mol. The quantitative estimate of drug-likeness (QED) is 0.577. The van der Waals surface area contributed by atoms with Crippen molar-refractivity contribution < 1.29 is 9.53 Å². The Kier molecular flexibility index (Phi) is 7.37. The topological polar surface area (TPSA) is 38.3 Å². The Morgan fingerprint density at radius 3 is 2.77 bits per heavy atom. The van der Waals surface area contributed by atoms with Gasteiger partial charge < -0.3 is 10.1 Å². The molecule has 0 aliphatic heterocycles. The van der Waals surface area contributed by atoms with Gasteiger partial charge in [0.2, 0.25) is 5.91 Å². The number of hydrogen-bond donors (Lipinski definition) is 1. The van der Waals surface area contributed by atoms with E-state index in [1.165, 1.54) is 36.2 Å². The summed E-state index contributed by atoms with van der Waals surface area (Å²) in [6.07, 6.45) is 8.96. The Morgan fingerprint density at radius 1 is 1.27 bits per heavy atom. The molecule has 1 aromatic rings. The normalized spacial score (nSPS) is 14.3. The predicted octanol–water partition coefficient (Wildman–Crippen LogP) is 4.18. The zero-order valence-electron chi connectivity index (χ0n) is 13.3. The second kappa shape index (κ2) is 9.57. The highest BCUT2D eigenvalue weighted by Gasteiger charge is 2.05. The Labute approximate surface area is 137 Å². The zero-order chi connectivity index (χ0) is 15.6. The van der Waals surface area contributed by atoms with Crippen molar-refractivity contribution in [3.05, 3.63) is 35.9 Å². The highest BCUT2D eigenvalue weighted by Crippen LogP contribution is 2.22. The van der Waals surface area contributed by atoms with Crippen LogP contribution in [0.3, 0.4) is 0 Å². The average Bonchev–Trinajstić information content (AvgIpc) is 2.56. The van der Waals surface area contributed by atoms with Crippen molar-refractivity contribution in [2.24, 2.45) is 0 Å². The summed E-state index contributed by atoms with van der Waals surface area (Å²) in [7, 11) is 1.66. The summed E-state index contributed by atoms with van der Waals surface area (Å²) >= 11 is 1.70. The molecule has 0 spiro atoms. The lowest BCUT2D eigenvalue weighted by molar-refractivity contribution is -0.120. The Bertz CT molecular complexity index is 496. The van der Waals surface area contributed by atoms with Gasteiger partial charge in [-0.3, -0.25) is 4.79 Å². The van der Waals surface area contributed by atoms with Crippen LogP contribution in [-0.2, 0) is 4.79 Å². The van der Waals surface area contributed by atoms with Crippen molar-refractivity contribution in [2.45, 2.75) is 43.4 Å². The number of methoxy groups -OCH3 is 1. The van der Waals surface area contributed by atoms with E-state index in [9.17, 15) is 4.79 Å². The number of carbonyl (C=O) groups excluding carboxylic acids is 1. The minimum absolute atomic E-state index is 0.150. The third-order valence-electron chi connectivity index (χ3n) is 3.81. The summed E-state index contributed by atoms with van der Waals surface area (Å²) in [6, 6.07) is 7.94. The number of allylic oxidation sites excluding steroid dienone is 1. The highest BCUT2D eigenvalue weighted by atomic mass is 32.2. The number of ether oxygens (including phenoxy) is 1. The smallest absolute Gasteiger partial charge is 0.220 e. The van der Waals surface area contributed by atoms with Crippen LogP contribution in [0.5, 0.6) is 5.75 Å². The molecule has 1 amide bonds. The van der Waals surface area contributed by atoms with Crippen LogP contribution in [-0.4, -0.2) is 25.3 Å². The summed E-state index contributed by atoms with van der Waals surface area (Å²) in [4.78, 5) is 13.0. The molecule has 1 aromatic carbocycles. The maximum atomic E-state index is 11.8. The van der Waals surface area contributed by atoms with Crippen LogP contribution < -0.4 is 10.1 Å². The summed E-state index contributed by atoms with van der Waals surface area (Å²) in [6.45, 7) is 0.776. The van der Waals surface area contributed by atoms with Gasteiger partial charge in [-0.2, -0.15) is 0 Å². The van der Waals surface area contributed by atoms with E-state index in [2.05, 4.69) is 11.4 Å². The predicted molar refractivity (Wildman–Crippen MR) is 92.5 cm³/mol. The molecule has 120 valence electrons. The second-order valence-electron chi connectivity index (χ2n) is 5.48. The fourth-order valence-corrected chi connectivity index (χ4v) is 3.37. The molecule has 0 heterocycles. The van der Waals surface area contributed by atoms with Crippen molar-refractivity contribution in [3.63, 3.8) is 0 Å². The van der Waals surface area contributed by atoms with Crippen LogP contribution in [0.2, 0.25) is 0 Å². The molecule has 1 aliphatic rings. The first-order valence-corrected chi connectivity index (χ1v) is 8.98. The van der Waals surface area contributed by atoms with Crippen LogP contribution in [0.4, 0.5) is 0 Å². The first kappa shape index (κ1) is 16.9. The molecule has 22 heavy (non-hydrogen) atoms. The summed E-state index contributed by atoms with van der Waals surface area (Å²) in [5.41, 5.74) is 1.51. The lowest BCUT2D eigenvalue weighted by atomic mass is 9.97. The van der Waals surface area contributed by atoms with Gasteiger partial charge in [-0.1, -0.05) is 11.6 Å². The maximum absolute atomic E-state index is 11.8. The summed E-state index contributed by atoms with van der Waals surface area (Å²) < 4.78 is 5.13. The fraction of sp³-hybridized carbons (Fsp3) is 0.500. The van der Waals surface area contributed by atoms with Crippen molar-refractivity contribution in [1.82, 2.24) is 5.32 Å². The van der Waals surface area contributed by atoms with Gasteiger partial charge in [0.15, 0.2) is 0 Å². The van der Waals surface area contributed by atoms with E-state index in [0.29, 0.717) is 6.42 Å². The van der Waals surface area contributed by atoms with Crippen LogP contribution >= 0.6 is 11.8 Å². The van der Waals surface area contributed by atoms with Crippen LogP contribution in [0.15, 0.2) is 40.8 Å². The van der Waals surface area contributed by atoms with Gasteiger partial charge in [0.1, 0.15) is 5.75 Å². The lowest BCUT2D eigenvalue weighted by Crippen LogP contribution is -2.25. The second-order valence-corrected chi connectivity index (χ2v) is 6.65. The van der Waals surface area contributed by atoms with Gasteiger partial charge >= 0.3 is 0 Å². The molecule has 1 aliphatic carbocycles. The van der Waals surface area contributed by atoms with Crippen molar-refractivity contribution in [2.75, 3.05) is 19.4 Å². The Hall–Kier alpha value is -1.42. The molecular formula is C18H25NO2S. The monoisotopic (exact) mass is 319 g/mol. The van der Waals surface area contributed by atoms with E-state index in [1.54, 1.807) is 18.9 Å². The third kappa shape index (κ3) is 6.14. The molecule has 0 unspecified atom stereocenters. The molecule has 0 saturated heterocycles. The first-order chi connectivity index (χ1) is 10.8. The molecule has 0 fully saturated rings. The SMILES string of the molecule is COc1ccc(SCCC(=O)NCCC2=CCCCC2)cc1. The van der Waals surface area contributed by atoms with Crippen LogP contribution in [0, 0.1) is 0 Å². The number of benzene rings is 1. The number of nitrogens with one attached hydrogen (secondary N) is 1. The van der Waals surface area contributed by atoms with Crippen molar-refractivity contribution in [1.29, 1.82) is 0 Å². The fourth-order valence-electron chi connectivity index (χ4n) is 2.52. The number of hydrogen-bond acceptors (Lipinski definition) is 3. The molecule has 3 nitrogen and oxygen atoms in total. The Balaban J connectivity index is 1.57. The Morgan fingerprint density at radius 2 is 2.09 bits per heavy atom. The molecule has 4 heteroatoms. The summed E-state index contributed by atoms with van der Waals surface area (Å²) in [5, 5.41) is 3.02. The minimum Gasteiger partial charge on any atom is -0.497 e. The van der Waals surface area contributed by atoms with Gasteiger partial charge in [-0.15, -0.1) is 11.8 Å². The van der Waals surface area contributed by atoms with E-state index in [-0.39, 0.29) is 5.91 Å². The van der Waals surface area contributed by atoms with Crippen molar-refractivity contribution >= 4 is 17.7 Å². The largest absolute Gasteiger partial charge is 0.497 e. The van der Waals surface area contributed by atoms with E-state index in [0.717, 1.165) is 24.5 Å². The van der Waals surface area contributed by atoms with Crippen LogP contribution in [0.1, 0.15) is 38.5 Å².